The van der Waals surface area contributed by atoms with Crippen molar-refractivity contribution in [2.45, 2.75) is 26.8 Å². The SMILES string of the molecule is CCNC(c1ccc(F)cn1)C(C)C. The van der Waals surface area contributed by atoms with E-state index in [4.69, 9.17) is 0 Å². The molecule has 0 saturated carbocycles. The fraction of sp³-hybridized carbons (Fsp3) is 0.545. The minimum absolute atomic E-state index is 0.209. The molecule has 0 bridgehead atoms. The molecule has 2 nitrogen and oxygen atoms in total. The number of halogens is 1. The van der Waals surface area contributed by atoms with Crippen LogP contribution in [-0.4, -0.2) is 11.5 Å². The minimum atomic E-state index is -0.284. The van der Waals surface area contributed by atoms with Gasteiger partial charge in [0.1, 0.15) is 5.82 Å². The van der Waals surface area contributed by atoms with E-state index in [-0.39, 0.29) is 11.9 Å². The van der Waals surface area contributed by atoms with E-state index in [1.807, 2.05) is 0 Å². The molecule has 1 aromatic rings. The summed E-state index contributed by atoms with van der Waals surface area (Å²) in [5.41, 5.74) is 0.906. The Morgan fingerprint density at radius 1 is 1.43 bits per heavy atom. The second-order valence-electron chi connectivity index (χ2n) is 3.68. The molecular formula is C11H17FN2. The third-order valence-corrected chi connectivity index (χ3v) is 2.16. The lowest BCUT2D eigenvalue weighted by Crippen LogP contribution is -2.26. The molecule has 1 N–H and O–H groups in total. The van der Waals surface area contributed by atoms with Gasteiger partial charge in [0.25, 0.3) is 0 Å². The van der Waals surface area contributed by atoms with Crippen LogP contribution in [0.2, 0.25) is 0 Å². The van der Waals surface area contributed by atoms with Crippen molar-refractivity contribution < 1.29 is 4.39 Å². The summed E-state index contributed by atoms with van der Waals surface area (Å²) in [5.74, 6) is 0.167. The van der Waals surface area contributed by atoms with Crippen LogP contribution in [0.1, 0.15) is 32.5 Å². The summed E-state index contributed by atoms with van der Waals surface area (Å²) in [5, 5.41) is 3.33. The molecule has 0 radical (unpaired) electrons. The number of nitrogens with zero attached hydrogens (tertiary/aromatic N) is 1. The Morgan fingerprint density at radius 2 is 2.14 bits per heavy atom. The molecule has 14 heavy (non-hydrogen) atoms. The van der Waals surface area contributed by atoms with Crippen molar-refractivity contribution in [2.75, 3.05) is 6.54 Å². The predicted molar refractivity (Wildman–Crippen MR) is 55.5 cm³/mol. The molecular weight excluding hydrogens is 179 g/mol. The maximum absolute atomic E-state index is 12.7. The number of nitrogens with one attached hydrogen (secondary N) is 1. The Balaban J connectivity index is 2.82. The largest absolute Gasteiger partial charge is 0.309 e. The lowest BCUT2D eigenvalue weighted by molar-refractivity contribution is 0.412. The second-order valence-corrected chi connectivity index (χ2v) is 3.68. The monoisotopic (exact) mass is 196 g/mol. The summed E-state index contributed by atoms with van der Waals surface area (Å²) in [4.78, 5) is 4.08. The molecule has 1 heterocycles. The molecule has 0 aliphatic rings. The van der Waals surface area contributed by atoms with Crippen molar-refractivity contribution in [2.24, 2.45) is 5.92 Å². The Morgan fingerprint density at radius 3 is 2.57 bits per heavy atom. The van der Waals surface area contributed by atoms with E-state index in [1.54, 1.807) is 6.07 Å². The van der Waals surface area contributed by atoms with E-state index >= 15 is 0 Å². The molecule has 0 fully saturated rings. The van der Waals surface area contributed by atoms with Crippen LogP contribution in [0.5, 0.6) is 0 Å². The smallest absolute Gasteiger partial charge is 0.141 e. The summed E-state index contributed by atoms with van der Waals surface area (Å²) in [7, 11) is 0. The van der Waals surface area contributed by atoms with Crippen molar-refractivity contribution in [1.82, 2.24) is 10.3 Å². The Hall–Kier alpha value is -0.960. The van der Waals surface area contributed by atoms with Crippen LogP contribution in [0.15, 0.2) is 18.3 Å². The fourth-order valence-electron chi connectivity index (χ4n) is 1.47. The minimum Gasteiger partial charge on any atom is -0.309 e. The third-order valence-electron chi connectivity index (χ3n) is 2.16. The van der Waals surface area contributed by atoms with Crippen LogP contribution in [0.3, 0.4) is 0 Å². The number of pyridine rings is 1. The highest BCUT2D eigenvalue weighted by molar-refractivity contribution is 5.10. The van der Waals surface area contributed by atoms with Gasteiger partial charge in [-0.1, -0.05) is 20.8 Å². The standard InChI is InChI=1S/C11H17FN2/c1-4-13-11(8(2)3)10-6-5-9(12)7-14-10/h5-8,11,13H,4H2,1-3H3. The van der Waals surface area contributed by atoms with Crippen molar-refractivity contribution in [3.05, 3.63) is 29.8 Å². The highest BCUT2D eigenvalue weighted by Crippen LogP contribution is 2.19. The number of rotatable bonds is 4. The maximum atomic E-state index is 12.7. The lowest BCUT2D eigenvalue weighted by atomic mass is 10.0. The zero-order valence-corrected chi connectivity index (χ0v) is 8.92. The fourth-order valence-corrected chi connectivity index (χ4v) is 1.47. The first-order valence-corrected chi connectivity index (χ1v) is 5.00. The van der Waals surface area contributed by atoms with E-state index in [0.29, 0.717) is 5.92 Å². The van der Waals surface area contributed by atoms with Crippen LogP contribution >= 0.6 is 0 Å². The molecule has 1 unspecified atom stereocenters. The Kier molecular flexibility index (Phi) is 4.01. The molecule has 1 atom stereocenters. The summed E-state index contributed by atoms with van der Waals surface area (Å²) in [6, 6.07) is 3.40. The van der Waals surface area contributed by atoms with Gasteiger partial charge in [-0.25, -0.2) is 4.39 Å². The maximum Gasteiger partial charge on any atom is 0.141 e. The first-order valence-electron chi connectivity index (χ1n) is 5.00. The van der Waals surface area contributed by atoms with Crippen LogP contribution < -0.4 is 5.32 Å². The van der Waals surface area contributed by atoms with Gasteiger partial charge in [0.15, 0.2) is 0 Å². The van der Waals surface area contributed by atoms with Gasteiger partial charge in [0.2, 0.25) is 0 Å². The highest BCUT2D eigenvalue weighted by Gasteiger charge is 2.15. The molecule has 0 saturated heterocycles. The summed E-state index contributed by atoms with van der Waals surface area (Å²) < 4.78 is 12.7. The molecule has 0 amide bonds. The molecule has 3 heteroatoms. The van der Waals surface area contributed by atoms with Crippen LogP contribution in [0, 0.1) is 11.7 Å². The van der Waals surface area contributed by atoms with Gasteiger partial charge < -0.3 is 5.32 Å². The number of hydrogen-bond donors (Lipinski definition) is 1. The third kappa shape index (κ3) is 2.77. The van der Waals surface area contributed by atoms with Gasteiger partial charge >= 0.3 is 0 Å². The molecule has 0 aromatic carbocycles. The topological polar surface area (TPSA) is 24.9 Å². The van der Waals surface area contributed by atoms with E-state index < -0.39 is 0 Å². The van der Waals surface area contributed by atoms with E-state index in [1.165, 1.54) is 12.3 Å². The van der Waals surface area contributed by atoms with E-state index in [2.05, 4.69) is 31.1 Å². The normalized spacial score (nSPS) is 13.2. The second kappa shape index (κ2) is 5.05. The predicted octanol–water partition coefficient (Wildman–Crippen LogP) is 2.53. The average Bonchev–Trinajstić information content (AvgIpc) is 2.15. The van der Waals surface area contributed by atoms with Gasteiger partial charge in [-0.3, -0.25) is 4.98 Å². The Labute approximate surface area is 84.6 Å². The number of hydrogen-bond acceptors (Lipinski definition) is 2. The van der Waals surface area contributed by atoms with Crippen LogP contribution in [-0.2, 0) is 0 Å². The van der Waals surface area contributed by atoms with E-state index in [9.17, 15) is 4.39 Å². The van der Waals surface area contributed by atoms with Crippen molar-refractivity contribution in [3.63, 3.8) is 0 Å². The van der Waals surface area contributed by atoms with Crippen LogP contribution in [0.4, 0.5) is 4.39 Å². The summed E-state index contributed by atoms with van der Waals surface area (Å²) in [6.45, 7) is 7.19. The van der Waals surface area contributed by atoms with Crippen molar-refractivity contribution in [3.8, 4) is 0 Å². The first kappa shape index (κ1) is 11.1. The Bertz CT molecular complexity index is 269. The van der Waals surface area contributed by atoms with Gasteiger partial charge in [0.05, 0.1) is 17.9 Å². The molecule has 1 rings (SSSR count). The van der Waals surface area contributed by atoms with Crippen molar-refractivity contribution in [1.29, 1.82) is 0 Å². The summed E-state index contributed by atoms with van der Waals surface area (Å²) in [6.07, 6.45) is 1.27. The molecule has 0 aliphatic carbocycles. The molecule has 78 valence electrons. The molecule has 1 aromatic heterocycles. The average molecular weight is 196 g/mol. The van der Waals surface area contributed by atoms with Gasteiger partial charge in [-0.15, -0.1) is 0 Å². The van der Waals surface area contributed by atoms with Crippen molar-refractivity contribution >= 4 is 0 Å². The van der Waals surface area contributed by atoms with E-state index in [0.717, 1.165) is 12.2 Å². The zero-order valence-electron chi connectivity index (χ0n) is 8.92. The van der Waals surface area contributed by atoms with Gasteiger partial charge in [0, 0.05) is 0 Å². The molecule has 0 spiro atoms. The number of aromatic nitrogens is 1. The van der Waals surface area contributed by atoms with Crippen LogP contribution in [0.25, 0.3) is 0 Å². The lowest BCUT2D eigenvalue weighted by Gasteiger charge is -2.20. The zero-order chi connectivity index (χ0) is 10.6. The van der Waals surface area contributed by atoms with Gasteiger partial charge in [-0.2, -0.15) is 0 Å². The highest BCUT2D eigenvalue weighted by atomic mass is 19.1. The quantitative estimate of drug-likeness (QED) is 0.800. The molecule has 0 aliphatic heterocycles. The summed E-state index contributed by atoms with van der Waals surface area (Å²) >= 11 is 0. The first-order chi connectivity index (χ1) is 6.65. The van der Waals surface area contributed by atoms with Gasteiger partial charge in [-0.05, 0) is 24.6 Å².